The number of halogens is 1. The molecule has 3 heteroatoms. The maximum absolute atomic E-state index is 9.19. The normalized spacial score (nSPS) is 34.8. The molecule has 0 amide bonds. The molecule has 0 unspecified atom stereocenters. The van der Waals surface area contributed by atoms with E-state index in [1.165, 1.54) is 25.9 Å². The molecule has 0 radical (unpaired) electrons. The smallest absolute Gasteiger partial charge is 0.0550 e. The quantitative estimate of drug-likeness (QED) is 0.595. The van der Waals surface area contributed by atoms with E-state index in [1.807, 2.05) is 0 Å². The lowest BCUT2D eigenvalue weighted by molar-refractivity contribution is -0.171. The summed E-state index contributed by atoms with van der Waals surface area (Å²) in [7, 11) is 0. The van der Waals surface area contributed by atoms with Crippen molar-refractivity contribution < 1.29 is 5.11 Å². The Morgan fingerprint density at radius 2 is 1.67 bits per heavy atom. The van der Waals surface area contributed by atoms with Crippen LogP contribution in [0.4, 0.5) is 0 Å². The zero-order chi connectivity index (χ0) is 7.53. The molecule has 3 rings (SSSR count). The van der Waals surface area contributed by atoms with Gasteiger partial charge in [-0.1, -0.05) is 0 Å². The molecule has 1 saturated heterocycles. The average Bonchev–Trinajstić information content (AvgIpc) is 1.69. The van der Waals surface area contributed by atoms with Crippen LogP contribution in [0.5, 0.6) is 0 Å². The number of aliphatic hydroxyl groups excluding tert-OH is 1. The second-order valence-corrected chi connectivity index (χ2v) is 5.02. The lowest BCUT2D eigenvalue weighted by Crippen LogP contribution is -2.67. The number of hydrogen-bond donors (Lipinski definition) is 2. The number of hydrogen-bond acceptors (Lipinski definition) is 2. The van der Waals surface area contributed by atoms with Crippen LogP contribution in [0, 0.1) is 10.8 Å². The standard InChI is InChI=1S/C9H15NO.ClH/c11-7-1-8(2-7)3-9(4-8)5-10-6-9;/h7,10-11H,1-6H2;1H. The van der Waals surface area contributed by atoms with E-state index < -0.39 is 0 Å². The topological polar surface area (TPSA) is 32.3 Å². The highest BCUT2D eigenvalue weighted by Gasteiger charge is 2.61. The summed E-state index contributed by atoms with van der Waals surface area (Å²) in [6, 6.07) is 0. The number of aliphatic hydroxyl groups is 1. The summed E-state index contributed by atoms with van der Waals surface area (Å²) >= 11 is 0. The molecule has 1 aliphatic heterocycles. The fourth-order valence-electron chi connectivity index (χ4n) is 3.50. The molecule has 0 bridgehead atoms. The maximum Gasteiger partial charge on any atom is 0.0550 e. The van der Waals surface area contributed by atoms with Crippen LogP contribution in [0.25, 0.3) is 0 Å². The first-order valence-corrected chi connectivity index (χ1v) is 4.61. The fourth-order valence-corrected chi connectivity index (χ4v) is 3.50. The van der Waals surface area contributed by atoms with Gasteiger partial charge in [-0.25, -0.2) is 0 Å². The summed E-state index contributed by atoms with van der Waals surface area (Å²) in [6.07, 6.45) is 5.01. The Hall–Kier alpha value is 0.210. The number of nitrogens with one attached hydrogen (secondary N) is 1. The van der Waals surface area contributed by atoms with Crippen LogP contribution < -0.4 is 5.32 Å². The second kappa shape index (κ2) is 2.37. The van der Waals surface area contributed by atoms with Crippen molar-refractivity contribution in [2.45, 2.75) is 31.8 Å². The molecule has 3 fully saturated rings. The monoisotopic (exact) mass is 189 g/mol. The van der Waals surface area contributed by atoms with E-state index in [0.717, 1.165) is 12.8 Å². The predicted octanol–water partition coefficient (Wildman–Crippen LogP) is 0.933. The minimum absolute atomic E-state index is 0. The van der Waals surface area contributed by atoms with E-state index in [0.29, 0.717) is 10.8 Å². The molecule has 2 spiro atoms. The van der Waals surface area contributed by atoms with Crippen molar-refractivity contribution in [1.29, 1.82) is 0 Å². The van der Waals surface area contributed by atoms with Crippen molar-refractivity contribution in [3.8, 4) is 0 Å². The van der Waals surface area contributed by atoms with Crippen LogP contribution in [-0.4, -0.2) is 24.3 Å². The lowest BCUT2D eigenvalue weighted by atomic mass is 9.43. The van der Waals surface area contributed by atoms with Crippen LogP contribution in [0.3, 0.4) is 0 Å². The molecular formula is C9H16ClNO. The molecule has 2 N–H and O–H groups in total. The molecule has 2 aliphatic carbocycles. The zero-order valence-electron chi connectivity index (χ0n) is 7.18. The Balaban J connectivity index is 0.000000563. The molecular weight excluding hydrogens is 174 g/mol. The first-order valence-electron chi connectivity index (χ1n) is 4.61. The van der Waals surface area contributed by atoms with E-state index in [2.05, 4.69) is 5.32 Å². The van der Waals surface area contributed by atoms with Crippen molar-refractivity contribution >= 4 is 12.4 Å². The van der Waals surface area contributed by atoms with Gasteiger partial charge in [0.05, 0.1) is 6.10 Å². The van der Waals surface area contributed by atoms with Crippen molar-refractivity contribution in [2.75, 3.05) is 13.1 Å². The fraction of sp³-hybridized carbons (Fsp3) is 1.00. The molecule has 70 valence electrons. The summed E-state index contributed by atoms with van der Waals surface area (Å²) in [4.78, 5) is 0. The molecule has 1 heterocycles. The third-order valence-corrected chi connectivity index (χ3v) is 3.84. The molecule has 2 saturated carbocycles. The molecule has 0 aromatic heterocycles. The summed E-state index contributed by atoms with van der Waals surface area (Å²) in [5, 5.41) is 12.5. The van der Waals surface area contributed by atoms with Crippen LogP contribution in [-0.2, 0) is 0 Å². The summed E-state index contributed by atoms with van der Waals surface area (Å²) in [5.41, 5.74) is 1.31. The van der Waals surface area contributed by atoms with E-state index >= 15 is 0 Å². The van der Waals surface area contributed by atoms with Gasteiger partial charge < -0.3 is 10.4 Å². The summed E-state index contributed by atoms with van der Waals surface area (Å²) in [6.45, 7) is 2.48. The van der Waals surface area contributed by atoms with Gasteiger partial charge >= 0.3 is 0 Å². The van der Waals surface area contributed by atoms with Crippen LogP contribution in [0.1, 0.15) is 25.7 Å². The largest absolute Gasteiger partial charge is 0.393 e. The van der Waals surface area contributed by atoms with Gasteiger partial charge in [-0.05, 0) is 36.5 Å². The Morgan fingerprint density at radius 3 is 2.00 bits per heavy atom. The van der Waals surface area contributed by atoms with E-state index in [-0.39, 0.29) is 18.5 Å². The van der Waals surface area contributed by atoms with Gasteiger partial charge in [0.15, 0.2) is 0 Å². The Labute approximate surface area is 79.1 Å². The van der Waals surface area contributed by atoms with Crippen molar-refractivity contribution in [2.24, 2.45) is 10.8 Å². The Kier molecular flexibility index (Phi) is 1.74. The summed E-state index contributed by atoms with van der Waals surface area (Å²) in [5.74, 6) is 0. The van der Waals surface area contributed by atoms with Crippen molar-refractivity contribution in [3.63, 3.8) is 0 Å². The molecule has 2 nitrogen and oxygen atoms in total. The molecule has 3 aliphatic rings. The van der Waals surface area contributed by atoms with Crippen LogP contribution in [0.15, 0.2) is 0 Å². The van der Waals surface area contributed by atoms with E-state index in [1.54, 1.807) is 0 Å². The van der Waals surface area contributed by atoms with Gasteiger partial charge in [-0.3, -0.25) is 0 Å². The third kappa shape index (κ3) is 0.949. The van der Waals surface area contributed by atoms with Gasteiger partial charge in [0, 0.05) is 13.1 Å². The predicted molar refractivity (Wildman–Crippen MR) is 49.5 cm³/mol. The lowest BCUT2D eigenvalue weighted by Gasteiger charge is -2.66. The highest BCUT2D eigenvalue weighted by Crippen LogP contribution is 2.65. The third-order valence-electron chi connectivity index (χ3n) is 3.84. The zero-order valence-corrected chi connectivity index (χ0v) is 7.99. The van der Waals surface area contributed by atoms with Gasteiger partial charge in [-0.2, -0.15) is 0 Å². The first-order chi connectivity index (χ1) is 5.22. The van der Waals surface area contributed by atoms with Gasteiger partial charge in [0.25, 0.3) is 0 Å². The summed E-state index contributed by atoms with van der Waals surface area (Å²) < 4.78 is 0. The first kappa shape index (κ1) is 8.79. The Morgan fingerprint density at radius 1 is 1.08 bits per heavy atom. The van der Waals surface area contributed by atoms with Gasteiger partial charge in [0.2, 0.25) is 0 Å². The maximum atomic E-state index is 9.19. The minimum Gasteiger partial charge on any atom is -0.393 e. The second-order valence-electron chi connectivity index (χ2n) is 5.02. The Bertz CT molecular complexity index is 187. The van der Waals surface area contributed by atoms with E-state index in [9.17, 15) is 5.11 Å². The van der Waals surface area contributed by atoms with Crippen molar-refractivity contribution in [1.82, 2.24) is 5.32 Å². The minimum atomic E-state index is 0. The number of rotatable bonds is 0. The highest BCUT2D eigenvalue weighted by molar-refractivity contribution is 5.85. The van der Waals surface area contributed by atoms with Gasteiger partial charge in [-0.15, -0.1) is 12.4 Å². The van der Waals surface area contributed by atoms with Gasteiger partial charge in [0.1, 0.15) is 0 Å². The highest BCUT2D eigenvalue weighted by atomic mass is 35.5. The molecule has 0 atom stereocenters. The van der Waals surface area contributed by atoms with Crippen LogP contribution >= 0.6 is 12.4 Å². The molecule has 0 aromatic carbocycles. The van der Waals surface area contributed by atoms with Crippen LogP contribution in [0.2, 0.25) is 0 Å². The van der Waals surface area contributed by atoms with Crippen molar-refractivity contribution in [3.05, 3.63) is 0 Å². The van der Waals surface area contributed by atoms with E-state index in [4.69, 9.17) is 0 Å². The molecule has 12 heavy (non-hydrogen) atoms. The molecule has 0 aromatic rings. The SMILES string of the molecule is Cl.OC1CC2(C1)CC1(CNC1)C2. The average molecular weight is 190 g/mol.